The summed E-state index contributed by atoms with van der Waals surface area (Å²) in [6.07, 6.45) is -4.75. The molecule has 37 heavy (non-hydrogen) atoms. The SMILES string of the molecule is C[C@@H](O)CC(=O)C(C(=O)C[C@@H](C)O)C(=O)SCCNC(=O)CCNC(=O)[C@H](O)C(C)(C)COP(=O)(O)O. The molecule has 14 nitrogen and oxygen atoms in total. The Kier molecular flexibility index (Phi) is 15.5. The summed E-state index contributed by atoms with van der Waals surface area (Å²) in [5.74, 6) is -4.47. The van der Waals surface area contributed by atoms with Crippen LogP contribution in [0.4, 0.5) is 0 Å². The van der Waals surface area contributed by atoms with Crippen LogP contribution in [0.25, 0.3) is 0 Å². The van der Waals surface area contributed by atoms with Gasteiger partial charge >= 0.3 is 7.82 Å². The molecule has 0 saturated carbocycles. The lowest BCUT2D eigenvalue weighted by molar-refractivity contribution is -0.139. The lowest BCUT2D eigenvalue weighted by atomic mass is 9.87. The maximum absolute atomic E-state index is 12.4. The first kappa shape index (κ1) is 35.3. The van der Waals surface area contributed by atoms with Crippen LogP contribution in [-0.4, -0.2) is 97.4 Å². The van der Waals surface area contributed by atoms with E-state index in [1.165, 1.54) is 27.7 Å². The van der Waals surface area contributed by atoms with Gasteiger partial charge in [-0.3, -0.25) is 28.5 Å². The summed E-state index contributed by atoms with van der Waals surface area (Å²) in [6, 6.07) is 0. The molecule has 214 valence electrons. The number of carbonyl (C=O) groups excluding carboxylic acids is 5. The third-order valence-electron chi connectivity index (χ3n) is 4.79. The molecular weight excluding hydrogens is 535 g/mol. The van der Waals surface area contributed by atoms with Gasteiger partial charge in [0.2, 0.25) is 16.9 Å². The smallest absolute Gasteiger partial charge is 0.393 e. The number of phosphoric acid groups is 1. The minimum atomic E-state index is -4.79. The number of thioether (sulfide) groups is 1. The van der Waals surface area contributed by atoms with Gasteiger partial charge in [0.05, 0.1) is 18.8 Å². The van der Waals surface area contributed by atoms with Crippen LogP contribution in [0.3, 0.4) is 0 Å². The number of aliphatic hydroxyl groups excluding tert-OH is 3. The van der Waals surface area contributed by atoms with Crippen molar-refractivity contribution in [2.45, 2.75) is 65.3 Å². The number of phosphoric ester groups is 1. The minimum Gasteiger partial charge on any atom is -0.393 e. The predicted molar refractivity (Wildman–Crippen MR) is 132 cm³/mol. The average molecular weight is 573 g/mol. The maximum atomic E-state index is 12.4. The normalized spacial score (nSPS) is 14.5. The first-order valence-corrected chi connectivity index (χ1v) is 13.9. The molecule has 0 saturated heterocycles. The van der Waals surface area contributed by atoms with Crippen LogP contribution >= 0.6 is 19.6 Å². The molecule has 0 unspecified atom stereocenters. The summed E-state index contributed by atoms with van der Waals surface area (Å²) >= 11 is 0.650. The lowest BCUT2D eigenvalue weighted by Gasteiger charge is -2.29. The predicted octanol–water partition coefficient (Wildman–Crippen LogP) is -1.34. The van der Waals surface area contributed by atoms with Gasteiger partial charge in [-0.1, -0.05) is 25.6 Å². The van der Waals surface area contributed by atoms with Crippen LogP contribution < -0.4 is 10.6 Å². The first-order valence-electron chi connectivity index (χ1n) is 11.4. The van der Waals surface area contributed by atoms with Crippen molar-refractivity contribution in [3.63, 3.8) is 0 Å². The van der Waals surface area contributed by atoms with Gasteiger partial charge in [0.15, 0.2) is 11.6 Å². The molecule has 0 aromatic heterocycles. The van der Waals surface area contributed by atoms with Crippen molar-refractivity contribution in [2.24, 2.45) is 11.3 Å². The first-order chi connectivity index (χ1) is 16.9. The number of carbonyl (C=O) groups is 5. The summed E-state index contributed by atoms with van der Waals surface area (Å²) in [5.41, 5.74) is -1.33. The van der Waals surface area contributed by atoms with Gasteiger partial charge in [-0.05, 0) is 13.8 Å². The van der Waals surface area contributed by atoms with Gasteiger partial charge in [-0.15, -0.1) is 0 Å². The highest BCUT2D eigenvalue weighted by molar-refractivity contribution is 8.13. The van der Waals surface area contributed by atoms with E-state index in [1.807, 2.05) is 0 Å². The number of Topliss-reactive ketones (excluding diaryl/α,β-unsaturated/α-hetero) is 2. The molecule has 0 aromatic rings. The topological polar surface area (TPSA) is 237 Å². The zero-order chi connectivity index (χ0) is 29.0. The van der Waals surface area contributed by atoms with E-state index in [1.54, 1.807) is 0 Å². The fourth-order valence-corrected chi connectivity index (χ4v) is 4.19. The molecule has 0 fully saturated rings. The molecule has 0 spiro atoms. The summed E-state index contributed by atoms with van der Waals surface area (Å²) in [6.45, 7) is 4.64. The summed E-state index contributed by atoms with van der Waals surface area (Å²) in [4.78, 5) is 78.5. The number of amides is 2. The molecule has 0 aliphatic carbocycles. The van der Waals surface area contributed by atoms with Gasteiger partial charge in [0.1, 0.15) is 12.0 Å². The molecule has 0 heterocycles. The van der Waals surface area contributed by atoms with Crippen molar-refractivity contribution in [3.8, 4) is 0 Å². The number of aliphatic hydroxyl groups is 3. The fraction of sp³-hybridized carbons (Fsp3) is 0.762. The van der Waals surface area contributed by atoms with Gasteiger partial charge in [0.25, 0.3) is 0 Å². The molecule has 0 rings (SSSR count). The second-order valence-electron chi connectivity index (χ2n) is 9.19. The number of ketones is 2. The Bertz CT molecular complexity index is 836. The second-order valence-corrected chi connectivity index (χ2v) is 11.5. The van der Waals surface area contributed by atoms with Crippen molar-refractivity contribution in [1.82, 2.24) is 10.6 Å². The molecule has 0 aromatic carbocycles. The molecule has 3 atom stereocenters. The Morgan fingerprint density at radius 1 is 0.919 bits per heavy atom. The quantitative estimate of drug-likeness (QED) is 0.0573. The highest BCUT2D eigenvalue weighted by Gasteiger charge is 2.36. The zero-order valence-corrected chi connectivity index (χ0v) is 22.9. The molecule has 0 bridgehead atoms. The largest absolute Gasteiger partial charge is 0.469 e. The van der Waals surface area contributed by atoms with Crippen LogP contribution in [0.1, 0.15) is 47.0 Å². The molecule has 2 amide bonds. The van der Waals surface area contributed by atoms with E-state index < -0.39 is 85.4 Å². The van der Waals surface area contributed by atoms with Crippen LogP contribution in [0.2, 0.25) is 0 Å². The molecule has 0 aliphatic rings. The summed E-state index contributed by atoms with van der Waals surface area (Å²) in [5, 5.41) is 33.0. The average Bonchev–Trinajstić information content (AvgIpc) is 2.73. The maximum Gasteiger partial charge on any atom is 0.469 e. The Morgan fingerprint density at radius 2 is 1.43 bits per heavy atom. The van der Waals surface area contributed by atoms with Gasteiger partial charge in [-0.25, -0.2) is 4.57 Å². The van der Waals surface area contributed by atoms with E-state index in [0.29, 0.717) is 11.8 Å². The number of hydrogen-bond acceptors (Lipinski definition) is 11. The molecule has 16 heteroatoms. The fourth-order valence-electron chi connectivity index (χ4n) is 2.85. The summed E-state index contributed by atoms with van der Waals surface area (Å²) in [7, 11) is -4.79. The van der Waals surface area contributed by atoms with Crippen LogP contribution in [0.5, 0.6) is 0 Å². The Morgan fingerprint density at radius 3 is 1.89 bits per heavy atom. The van der Waals surface area contributed by atoms with Crippen molar-refractivity contribution < 1.29 is 58.2 Å². The van der Waals surface area contributed by atoms with E-state index in [4.69, 9.17) is 9.79 Å². The highest BCUT2D eigenvalue weighted by Crippen LogP contribution is 2.38. The van der Waals surface area contributed by atoms with E-state index in [2.05, 4.69) is 15.2 Å². The molecule has 7 N–H and O–H groups in total. The summed E-state index contributed by atoms with van der Waals surface area (Å²) < 4.78 is 15.1. The Balaban J connectivity index is 4.55. The minimum absolute atomic E-state index is 0.000460. The third-order valence-corrected chi connectivity index (χ3v) is 6.18. The third kappa shape index (κ3) is 15.3. The Hall–Kier alpha value is -1.71. The van der Waals surface area contributed by atoms with E-state index >= 15 is 0 Å². The van der Waals surface area contributed by atoms with E-state index in [-0.39, 0.29) is 25.3 Å². The van der Waals surface area contributed by atoms with E-state index in [0.717, 1.165) is 0 Å². The number of nitrogens with one attached hydrogen (secondary N) is 2. The standard InChI is InChI=1S/C21H37N2O12PS/c1-12(24)9-14(26)17(15(27)10-13(2)25)20(31)37-8-7-22-16(28)5-6-23-19(30)18(29)21(3,4)11-35-36(32,33)34/h12-13,17-18,24-25,29H,5-11H2,1-4H3,(H,22,28)(H,23,30)(H2,32,33,34)/t12-,13-,18+/m1/s1. The monoisotopic (exact) mass is 572 g/mol. The van der Waals surface area contributed by atoms with Crippen LogP contribution in [0, 0.1) is 11.3 Å². The lowest BCUT2D eigenvalue weighted by Crippen LogP contribution is -2.46. The van der Waals surface area contributed by atoms with E-state index in [9.17, 15) is 43.9 Å². The molecular formula is C21H37N2O12PS. The number of rotatable bonds is 18. The van der Waals surface area contributed by atoms with Gasteiger partial charge < -0.3 is 35.7 Å². The second kappa shape index (κ2) is 16.3. The van der Waals surface area contributed by atoms with Gasteiger partial charge in [0, 0.05) is 43.5 Å². The highest BCUT2D eigenvalue weighted by atomic mass is 32.2. The van der Waals surface area contributed by atoms with Crippen molar-refractivity contribution in [1.29, 1.82) is 0 Å². The van der Waals surface area contributed by atoms with Gasteiger partial charge in [-0.2, -0.15) is 0 Å². The van der Waals surface area contributed by atoms with Crippen LogP contribution in [0.15, 0.2) is 0 Å². The van der Waals surface area contributed by atoms with Crippen LogP contribution in [-0.2, 0) is 33.1 Å². The Labute approximate surface area is 219 Å². The molecule has 0 radical (unpaired) electrons. The zero-order valence-electron chi connectivity index (χ0n) is 21.2. The van der Waals surface area contributed by atoms with Crippen molar-refractivity contribution in [3.05, 3.63) is 0 Å². The molecule has 0 aliphatic heterocycles. The number of hydrogen-bond donors (Lipinski definition) is 7. The van der Waals surface area contributed by atoms with Crippen molar-refractivity contribution in [2.75, 3.05) is 25.4 Å². The van der Waals surface area contributed by atoms with Crippen molar-refractivity contribution >= 4 is 48.1 Å².